The smallest absolute Gasteiger partial charge is 0.275 e. The van der Waals surface area contributed by atoms with E-state index in [-0.39, 0.29) is 23.0 Å². The van der Waals surface area contributed by atoms with Crippen LogP contribution in [0.15, 0.2) is 28.5 Å². The van der Waals surface area contributed by atoms with Crippen LogP contribution < -0.4 is 16.0 Å². The van der Waals surface area contributed by atoms with Crippen LogP contribution in [-0.4, -0.2) is 58.3 Å². The molecule has 27 heavy (non-hydrogen) atoms. The van der Waals surface area contributed by atoms with Gasteiger partial charge in [0.05, 0.1) is 21.3 Å². The van der Waals surface area contributed by atoms with Gasteiger partial charge in [-0.15, -0.1) is 23.7 Å². The van der Waals surface area contributed by atoms with Crippen molar-refractivity contribution in [3.8, 4) is 0 Å². The van der Waals surface area contributed by atoms with Crippen molar-refractivity contribution in [3.63, 3.8) is 0 Å². The molecule has 0 radical (unpaired) electrons. The zero-order valence-electron chi connectivity index (χ0n) is 15.6. The highest BCUT2D eigenvalue weighted by molar-refractivity contribution is 7.89. The molecular formula is C16H24ClN5O3S2. The average molecular weight is 434 g/mol. The highest BCUT2D eigenvalue weighted by Gasteiger charge is 2.21. The fourth-order valence-corrected chi connectivity index (χ4v) is 3.94. The molecule has 0 bridgehead atoms. The summed E-state index contributed by atoms with van der Waals surface area (Å²) in [6.07, 6.45) is 0.609. The van der Waals surface area contributed by atoms with E-state index in [1.165, 1.54) is 37.6 Å². The Bertz CT molecular complexity index is 897. The molecule has 1 aromatic heterocycles. The summed E-state index contributed by atoms with van der Waals surface area (Å²) < 4.78 is 25.9. The first-order valence-electron chi connectivity index (χ1n) is 7.86. The standard InChI is InChI=1S/C16H23N5O3S2.ClH/c1-20(2)14-6-5-11(26(23,24)21(3)4)9-12(14)19-16(22)13-10-25-15(18-13)7-8-17;/h5-6,9-10H,7-8,17H2,1-4H3,(H,19,22);1H. The molecule has 0 saturated heterocycles. The molecule has 0 aliphatic heterocycles. The molecule has 2 aromatic rings. The molecule has 1 aromatic carbocycles. The summed E-state index contributed by atoms with van der Waals surface area (Å²) >= 11 is 1.37. The van der Waals surface area contributed by atoms with Crippen molar-refractivity contribution in [2.24, 2.45) is 5.73 Å². The molecule has 0 saturated carbocycles. The SMILES string of the molecule is CN(C)c1ccc(S(=O)(=O)N(C)C)cc1NC(=O)c1csc(CCN)n1.Cl. The van der Waals surface area contributed by atoms with Crippen molar-refractivity contribution in [1.82, 2.24) is 9.29 Å². The van der Waals surface area contributed by atoms with Gasteiger partial charge in [0.15, 0.2) is 0 Å². The van der Waals surface area contributed by atoms with Crippen molar-refractivity contribution >= 4 is 51.0 Å². The number of nitrogens with two attached hydrogens (primary N) is 1. The molecule has 0 fully saturated rings. The summed E-state index contributed by atoms with van der Waals surface area (Å²) in [5.41, 5.74) is 6.87. The fourth-order valence-electron chi connectivity index (χ4n) is 2.22. The number of rotatable bonds is 7. The zero-order valence-corrected chi connectivity index (χ0v) is 18.0. The Labute approximate surface area is 169 Å². The number of halogens is 1. The summed E-state index contributed by atoms with van der Waals surface area (Å²) in [5, 5.41) is 5.21. The number of hydrogen-bond donors (Lipinski definition) is 2. The topological polar surface area (TPSA) is 109 Å². The first kappa shape index (κ1) is 23.3. The summed E-state index contributed by atoms with van der Waals surface area (Å²) in [4.78, 5) is 18.7. The second-order valence-corrected chi connectivity index (χ2v) is 9.07. The van der Waals surface area contributed by atoms with E-state index >= 15 is 0 Å². The van der Waals surface area contributed by atoms with Crippen LogP contribution in [0.5, 0.6) is 0 Å². The number of thiazole rings is 1. The highest BCUT2D eigenvalue weighted by Crippen LogP contribution is 2.29. The lowest BCUT2D eigenvalue weighted by molar-refractivity contribution is 0.102. The minimum absolute atomic E-state index is 0. The maximum atomic E-state index is 12.5. The fraction of sp³-hybridized carbons (Fsp3) is 0.375. The zero-order chi connectivity index (χ0) is 19.5. The predicted molar refractivity (Wildman–Crippen MR) is 112 cm³/mol. The van der Waals surface area contributed by atoms with Gasteiger partial charge in [0, 0.05) is 40.0 Å². The van der Waals surface area contributed by atoms with Crippen LogP contribution in [0, 0.1) is 0 Å². The Morgan fingerprint density at radius 2 is 1.93 bits per heavy atom. The molecule has 0 aliphatic rings. The van der Waals surface area contributed by atoms with E-state index in [0.717, 1.165) is 9.31 Å². The number of amides is 1. The minimum Gasteiger partial charge on any atom is -0.376 e. The molecule has 2 rings (SSSR count). The Kier molecular flexibility index (Phi) is 8.18. The third-order valence-electron chi connectivity index (χ3n) is 3.62. The molecule has 150 valence electrons. The van der Waals surface area contributed by atoms with E-state index in [4.69, 9.17) is 5.73 Å². The molecule has 0 aliphatic carbocycles. The monoisotopic (exact) mass is 433 g/mol. The first-order chi connectivity index (χ1) is 12.2. The number of sulfonamides is 1. The maximum Gasteiger partial charge on any atom is 0.275 e. The van der Waals surface area contributed by atoms with Gasteiger partial charge in [-0.05, 0) is 24.7 Å². The third-order valence-corrected chi connectivity index (χ3v) is 6.34. The van der Waals surface area contributed by atoms with Crippen LogP contribution in [0.3, 0.4) is 0 Å². The number of benzene rings is 1. The van der Waals surface area contributed by atoms with Crippen molar-refractivity contribution in [1.29, 1.82) is 0 Å². The summed E-state index contributed by atoms with van der Waals surface area (Å²) in [7, 11) is 2.94. The molecule has 8 nitrogen and oxygen atoms in total. The quantitative estimate of drug-likeness (QED) is 0.687. The number of carbonyl (C=O) groups is 1. The van der Waals surface area contributed by atoms with Crippen LogP contribution >= 0.6 is 23.7 Å². The van der Waals surface area contributed by atoms with E-state index in [1.807, 2.05) is 14.1 Å². The number of nitrogens with one attached hydrogen (secondary N) is 1. The first-order valence-corrected chi connectivity index (χ1v) is 10.2. The van der Waals surface area contributed by atoms with Crippen LogP contribution in [0.25, 0.3) is 0 Å². The van der Waals surface area contributed by atoms with Gasteiger partial charge in [0.1, 0.15) is 5.69 Å². The molecule has 0 atom stereocenters. The van der Waals surface area contributed by atoms with Crippen LogP contribution in [0.4, 0.5) is 11.4 Å². The van der Waals surface area contributed by atoms with E-state index in [9.17, 15) is 13.2 Å². The van der Waals surface area contributed by atoms with Gasteiger partial charge in [-0.3, -0.25) is 4.79 Å². The van der Waals surface area contributed by atoms with Crippen LogP contribution in [0.2, 0.25) is 0 Å². The van der Waals surface area contributed by atoms with Crippen molar-refractivity contribution in [3.05, 3.63) is 34.3 Å². The van der Waals surface area contributed by atoms with E-state index in [2.05, 4.69) is 10.3 Å². The molecule has 0 unspecified atom stereocenters. The van der Waals surface area contributed by atoms with Gasteiger partial charge >= 0.3 is 0 Å². The number of hydrogen-bond acceptors (Lipinski definition) is 7. The van der Waals surface area contributed by atoms with E-state index < -0.39 is 15.9 Å². The minimum atomic E-state index is -3.61. The van der Waals surface area contributed by atoms with Crippen molar-refractivity contribution in [2.75, 3.05) is 45.0 Å². The average Bonchev–Trinajstić information content (AvgIpc) is 3.03. The van der Waals surface area contributed by atoms with Gasteiger partial charge in [0.2, 0.25) is 10.0 Å². The lowest BCUT2D eigenvalue weighted by Crippen LogP contribution is -2.23. The molecule has 11 heteroatoms. The van der Waals surface area contributed by atoms with Crippen molar-refractivity contribution in [2.45, 2.75) is 11.3 Å². The highest BCUT2D eigenvalue weighted by atomic mass is 35.5. The Balaban J connectivity index is 0.00000364. The van der Waals surface area contributed by atoms with E-state index in [1.54, 1.807) is 16.3 Å². The predicted octanol–water partition coefficient (Wildman–Crippen LogP) is 1.63. The van der Waals surface area contributed by atoms with Gasteiger partial charge in [-0.1, -0.05) is 0 Å². The third kappa shape index (κ3) is 5.39. The molecule has 1 amide bonds. The lowest BCUT2D eigenvalue weighted by Gasteiger charge is -2.20. The lowest BCUT2D eigenvalue weighted by atomic mass is 10.2. The number of anilines is 2. The van der Waals surface area contributed by atoms with Gasteiger partial charge in [-0.25, -0.2) is 17.7 Å². The van der Waals surface area contributed by atoms with Crippen LogP contribution in [0.1, 0.15) is 15.5 Å². The normalized spacial score (nSPS) is 11.2. The molecule has 3 N–H and O–H groups in total. The maximum absolute atomic E-state index is 12.5. The second kappa shape index (κ2) is 9.47. The molecule has 0 spiro atoms. The number of aromatic nitrogens is 1. The second-order valence-electron chi connectivity index (χ2n) is 5.98. The Morgan fingerprint density at radius 3 is 2.48 bits per heavy atom. The van der Waals surface area contributed by atoms with Gasteiger partial charge in [-0.2, -0.15) is 0 Å². The number of carbonyl (C=O) groups excluding carboxylic acids is 1. The largest absolute Gasteiger partial charge is 0.376 e. The van der Waals surface area contributed by atoms with Gasteiger partial charge < -0.3 is 16.0 Å². The Hall–Kier alpha value is -1.72. The summed E-state index contributed by atoms with van der Waals surface area (Å²) in [6, 6.07) is 4.63. The summed E-state index contributed by atoms with van der Waals surface area (Å²) in [5.74, 6) is -0.396. The molecule has 1 heterocycles. The Morgan fingerprint density at radius 1 is 1.26 bits per heavy atom. The summed E-state index contributed by atoms with van der Waals surface area (Å²) in [6.45, 7) is 0.462. The molecular weight excluding hydrogens is 410 g/mol. The van der Waals surface area contributed by atoms with Gasteiger partial charge in [0.25, 0.3) is 5.91 Å². The van der Waals surface area contributed by atoms with Crippen LogP contribution in [-0.2, 0) is 16.4 Å². The van der Waals surface area contributed by atoms with E-state index in [0.29, 0.717) is 24.3 Å². The van der Waals surface area contributed by atoms with Crippen molar-refractivity contribution < 1.29 is 13.2 Å². The number of nitrogens with zero attached hydrogens (tertiary/aromatic N) is 3.